The minimum atomic E-state index is 0.164. The minimum Gasteiger partial charge on any atom is -0.493 e. The maximum Gasteiger partial charge on any atom is 0.220 e. The highest BCUT2D eigenvalue weighted by Gasteiger charge is 2.21. The van der Waals surface area contributed by atoms with Gasteiger partial charge in [0, 0.05) is 13.0 Å². The van der Waals surface area contributed by atoms with E-state index >= 15 is 0 Å². The van der Waals surface area contributed by atoms with E-state index in [0.717, 1.165) is 42.4 Å². The van der Waals surface area contributed by atoms with Crippen LogP contribution in [0, 0.1) is 5.92 Å². The summed E-state index contributed by atoms with van der Waals surface area (Å²) < 4.78 is 10.5. The van der Waals surface area contributed by atoms with Gasteiger partial charge in [0.05, 0.1) is 14.2 Å². The van der Waals surface area contributed by atoms with Crippen LogP contribution in [-0.4, -0.2) is 26.7 Å². The van der Waals surface area contributed by atoms with Crippen LogP contribution in [0.2, 0.25) is 0 Å². The van der Waals surface area contributed by atoms with Crippen molar-refractivity contribution in [3.63, 3.8) is 0 Å². The smallest absolute Gasteiger partial charge is 0.220 e. The molecule has 110 valence electrons. The van der Waals surface area contributed by atoms with Crippen molar-refractivity contribution in [3.05, 3.63) is 23.8 Å². The highest BCUT2D eigenvalue weighted by atomic mass is 16.5. The van der Waals surface area contributed by atoms with Crippen molar-refractivity contribution < 1.29 is 14.3 Å². The Morgan fingerprint density at radius 1 is 1.25 bits per heavy atom. The van der Waals surface area contributed by atoms with Gasteiger partial charge >= 0.3 is 0 Å². The number of aryl methyl sites for hydroxylation is 1. The Hall–Kier alpha value is -1.71. The second-order valence-electron chi connectivity index (χ2n) is 5.29. The number of ether oxygens (including phenoxy) is 2. The number of benzene rings is 1. The van der Waals surface area contributed by atoms with Crippen LogP contribution < -0.4 is 14.8 Å². The molecule has 1 aliphatic rings. The van der Waals surface area contributed by atoms with Crippen LogP contribution >= 0.6 is 0 Å². The summed E-state index contributed by atoms with van der Waals surface area (Å²) in [6.45, 7) is 0.856. The summed E-state index contributed by atoms with van der Waals surface area (Å²) in [4.78, 5) is 11.6. The molecule has 0 spiro atoms. The zero-order valence-electron chi connectivity index (χ0n) is 12.3. The summed E-state index contributed by atoms with van der Waals surface area (Å²) in [6.07, 6.45) is 4.85. The van der Waals surface area contributed by atoms with E-state index in [1.54, 1.807) is 14.2 Å². The second kappa shape index (κ2) is 7.17. The van der Waals surface area contributed by atoms with Crippen molar-refractivity contribution in [2.24, 2.45) is 5.92 Å². The summed E-state index contributed by atoms with van der Waals surface area (Å²) in [5, 5.41) is 2.99. The molecule has 1 saturated carbocycles. The average Bonchev–Trinajstić information content (AvgIpc) is 3.29. The van der Waals surface area contributed by atoms with Gasteiger partial charge in [-0.25, -0.2) is 0 Å². The Morgan fingerprint density at radius 2 is 2.00 bits per heavy atom. The Kier molecular flexibility index (Phi) is 5.27. The zero-order chi connectivity index (χ0) is 14.4. The predicted octanol–water partition coefficient (Wildman–Crippen LogP) is 2.55. The monoisotopic (exact) mass is 277 g/mol. The SMILES string of the molecule is COc1ccc(CCCC(=O)NCC2CC2)cc1OC. The number of methoxy groups -OCH3 is 2. The molecule has 1 fully saturated rings. The molecule has 1 aliphatic carbocycles. The highest BCUT2D eigenvalue weighted by molar-refractivity contribution is 5.75. The van der Waals surface area contributed by atoms with E-state index in [-0.39, 0.29) is 5.91 Å². The number of nitrogens with one attached hydrogen (secondary N) is 1. The molecule has 0 heterocycles. The molecule has 0 radical (unpaired) electrons. The van der Waals surface area contributed by atoms with Gasteiger partial charge in [-0.05, 0) is 49.3 Å². The van der Waals surface area contributed by atoms with Gasteiger partial charge in [0.25, 0.3) is 0 Å². The summed E-state index contributed by atoms with van der Waals surface area (Å²) in [5.41, 5.74) is 1.16. The van der Waals surface area contributed by atoms with E-state index in [0.29, 0.717) is 6.42 Å². The molecule has 4 heteroatoms. The molecular formula is C16H23NO3. The number of rotatable bonds is 8. The normalized spacial score (nSPS) is 13.9. The highest BCUT2D eigenvalue weighted by Crippen LogP contribution is 2.28. The third kappa shape index (κ3) is 4.44. The van der Waals surface area contributed by atoms with Crippen molar-refractivity contribution >= 4 is 5.91 Å². The largest absolute Gasteiger partial charge is 0.493 e. The lowest BCUT2D eigenvalue weighted by molar-refractivity contribution is -0.121. The van der Waals surface area contributed by atoms with E-state index in [1.807, 2.05) is 18.2 Å². The van der Waals surface area contributed by atoms with Crippen LogP contribution in [0.3, 0.4) is 0 Å². The topological polar surface area (TPSA) is 47.6 Å². The van der Waals surface area contributed by atoms with Gasteiger partial charge in [-0.15, -0.1) is 0 Å². The van der Waals surface area contributed by atoms with Gasteiger partial charge in [-0.2, -0.15) is 0 Å². The van der Waals surface area contributed by atoms with Gasteiger partial charge < -0.3 is 14.8 Å². The molecule has 4 nitrogen and oxygen atoms in total. The maximum absolute atomic E-state index is 11.6. The third-order valence-corrected chi connectivity index (χ3v) is 3.60. The standard InChI is InChI=1S/C16H23NO3/c1-19-14-9-8-12(10-15(14)20-2)4-3-5-16(18)17-11-13-6-7-13/h8-10,13H,3-7,11H2,1-2H3,(H,17,18). The lowest BCUT2D eigenvalue weighted by atomic mass is 10.1. The Labute approximate surface area is 120 Å². The molecular weight excluding hydrogens is 254 g/mol. The van der Waals surface area contributed by atoms with Crippen molar-refractivity contribution in [2.75, 3.05) is 20.8 Å². The minimum absolute atomic E-state index is 0.164. The zero-order valence-corrected chi connectivity index (χ0v) is 12.3. The fourth-order valence-corrected chi connectivity index (χ4v) is 2.16. The number of hydrogen-bond acceptors (Lipinski definition) is 3. The van der Waals surface area contributed by atoms with E-state index in [4.69, 9.17) is 9.47 Å². The summed E-state index contributed by atoms with van der Waals surface area (Å²) >= 11 is 0. The van der Waals surface area contributed by atoms with Gasteiger partial charge in [-0.3, -0.25) is 4.79 Å². The Morgan fingerprint density at radius 3 is 2.65 bits per heavy atom. The first kappa shape index (κ1) is 14.7. The van der Waals surface area contributed by atoms with Crippen molar-refractivity contribution in [1.29, 1.82) is 0 Å². The molecule has 1 N–H and O–H groups in total. The molecule has 1 aromatic carbocycles. The molecule has 1 amide bonds. The molecule has 0 bridgehead atoms. The van der Waals surface area contributed by atoms with Crippen LogP contribution in [-0.2, 0) is 11.2 Å². The molecule has 1 aromatic rings. The molecule has 20 heavy (non-hydrogen) atoms. The summed E-state index contributed by atoms with van der Waals surface area (Å²) in [7, 11) is 3.26. The third-order valence-electron chi connectivity index (χ3n) is 3.60. The van der Waals surface area contributed by atoms with E-state index in [1.165, 1.54) is 12.8 Å². The number of hydrogen-bond donors (Lipinski definition) is 1. The lowest BCUT2D eigenvalue weighted by Crippen LogP contribution is -2.25. The van der Waals surface area contributed by atoms with Crippen LogP contribution in [0.15, 0.2) is 18.2 Å². The van der Waals surface area contributed by atoms with Crippen LogP contribution in [0.25, 0.3) is 0 Å². The average molecular weight is 277 g/mol. The summed E-state index contributed by atoms with van der Waals surface area (Å²) in [6, 6.07) is 5.89. The summed E-state index contributed by atoms with van der Waals surface area (Å²) in [5.74, 6) is 2.38. The van der Waals surface area contributed by atoms with Gasteiger partial charge in [-0.1, -0.05) is 6.07 Å². The molecule has 0 aromatic heterocycles. The van der Waals surface area contributed by atoms with Gasteiger partial charge in [0.1, 0.15) is 0 Å². The molecule has 2 rings (SSSR count). The fraction of sp³-hybridized carbons (Fsp3) is 0.562. The number of carbonyl (C=O) groups is 1. The molecule has 0 atom stereocenters. The molecule has 0 saturated heterocycles. The second-order valence-corrected chi connectivity index (χ2v) is 5.29. The first-order chi connectivity index (χ1) is 9.72. The van der Waals surface area contributed by atoms with E-state index in [2.05, 4.69) is 5.32 Å². The van der Waals surface area contributed by atoms with Crippen LogP contribution in [0.1, 0.15) is 31.2 Å². The predicted molar refractivity (Wildman–Crippen MR) is 78.2 cm³/mol. The lowest BCUT2D eigenvalue weighted by Gasteiger charge is -2.09. The van der Waals surface area contributed by atoms with E-state index in [9.17, 15) is 4.79 Å². The molecule has 0 aliphatic heterocycles. The van der Waals surface area contributed by atoms with Crippen LogP contribution in [0.4, 0.5) is 0 Å². The van der Waals surface area contributed by atoms with Gasteiger partial charge in [0.15, 0.2) is 11.5 Å². The Balaban J connectivity index is 1.73. The van der Waals surface area contributed by atoms with Crippen molar-refractivity contribution in [3.8, 4) is 11.5 Å². The van der Waals surface area contributed by atoms with Gasteiger partial charge in [0.2, 0.25) is 5.91 Å². The number of carbonyl (C=O) groups excluding carboxylic acids is 1. The van der Waals surface area contributed by atoms with Crippen LogP contribution in [0.5, 0.6) is 11.5 Å². The van der Waals surface area contributed by atoms with Crippen molar-refractivity contribution in [1.82, 2.24) is 5.32 Å². The molecule has 0 unspecified atom stereocenters. The Bertz CT molecular complexity index is 455. The van der Waals surface area contributed by atoms with Crippen molar-refractivity contribution in [2.45, 2.75) is 32.1 Å². The van der Waals surface area contributed by atoms with E-state index < -0.39 is 0 Å². The first-order valence-corrected chi connectivity index (χ1v) is 7.20. The quantitative estimate of drug-likeness (QED) is 0.794. The first-order valence-electron chi connectivity index (χ1n) is 7.20. The maximum atomic E-state index is 11.6. The fourth-order valence-electron chi connectivity index (χ4n) is 2.16. The number of amides is 1.